The van der Waals surface area contributed by atoms with Crippen molar-refractivity contribution in [3.05, 3.63) is 51.9 Å². The maximum Gasteiger partial charge on any atom is 0.450 e. The van der Waals surface area contributed by atoms with E-state index in [1.165, 1.54) is 44.4 Å². The van der Waals surface area contributed by atoms with Gasteiger partial charge < -0.3 is 23.4 Å². The van der Waals surface area contributed by atoms with Gasteiger partial charge in [-0.25, -0.2) is 4.79 Å². The molecule has 0 radical (unpaired) electrons. The number of alkyl halides is 3. The fraction of sp³-hybridized carbons (Fsp3) is 0.360. The average molecular weight is 492 g/mol. The van der Waals surface area contributed by atoms with E-state index in [0.717, 1.165) is 0 Å². The molecule has 1 aliphatic heterocycles. The van der Waals surface area contributed by atoms with Gasteiger partial charge in [0.2, 0.25) is 11.2 Å². The van der Waals surface area contributed by atoms with Crippen molar-refractivity contribution >= 4 is 16.9 Å². The first-order valence-electron chi connectivity index (χ1n) is 11.0. The Morgan fingerprint density at radius 2 is 1.83 bits per heavy atom. The lowest BCUT2D eigenvalue weighted by molar-refractivity contribution is -0.152. The van der Waals surface area contributed by atoms with Crippen LogP contribution >= 0.6 is 0 Å². The number of fused-ring (bicyclic) bond motifs is 2. The summed E-state index contributed by atoms with van der Waals surface area (Å²) in [5, 5.41) is -0.0376. The lowest BCUT2D eigenvalue weighted by Gasteiger charge is -2.20. The van der Waals surface area contributed by atoms with Crippen molar-refractivity contribution in [1.29, 1.82) is 0 Å². The molecule has 0 spiro atoms. The molecule has 7 nitrogen and oxygen atoms in total. The van der Waals surface area contributed by atoms with Crippen LogP contribution < -0.4 is 19.6 Å². The van der Waals surface area contributed by atoms with E-state index in [-0.39, 0.29) is 34.6 Å². The standard InChI is InChI=1S/C25H23F3O7/c1-4-5-14-10-16-19(12-18(14)34-13(2)24(30)31-3)35-23(25(26,27)28)21(22(16)29)15-6-7-17-20(11-15)33-9-8-32-17/h6-7,10-13H,4-5,8-9H2,1-3H3. The minimum atomic E-state index is -4.96. The summed E-state index contributed by atoms with van der Waals surface area (Å²) in [5.41, 5.74) is -1.23. The van der Waals surface area contributed by atoms with Crippen LogP contribution in [0.5, 0.6) is 17.2 Å². The number of hydrogen-bond donors (Lipinski definition) is 0. The average Bonchev–Trinajstić information content (AvgIpc) is 2.83. The highest BCUT2D eigenvalue weighted by Gasteiger charge is 2.40. The van der Waals surface area contributed by atoms with Crippen LogP contribution in [-0.4, -0.2) is 32.4 Å². The highest BCUT2D eigenvalue weighted by atomic mass is 19.4. The molecule has 0 N–H and O–H groups in total. The molecule has 1 aliphatic rings. The number of benzene rings is 2. The quantitative estimate of drug-likeness (QED) is 0.441. The largest absolute Gasteiger partial charge is 0.486 e. The van der Waals surface area contributed by atoms with Gasteiger partial charge in [0.05, 0.1) is 18.1 Å². The van der Waals surface area contributed by atoms with E-state index in [4.69, 9.17) is 18.6 Å². The first-order valence-corrected chi connectivity index (χ1v) is 11.0. The van der Waals surface area contributed by atoms with Crippen LogP contribution in [0.2, 0.25) is 0 Å². The molecule has 10 heteroatoms. The predicted octanol–water partition coefficient (Wildman–Crippen LogP) is 5.14. The topological polar surface area (TPSA) is 84.2 Å². The molecule has 0 aliphatic carbocycles. The third-order valence-electron chi connectivity index (χ3n) is 5.52. The summed E-state index contributed by atoms with van der Waals surface area (Å²) >= 11 is 0. The fourth-order valence-corrected chi connectivity index (χ4v) is 3.91. The number of esters is 1. The van der Waals surface area contributed by atoms with Crippen LogP contribution in [0.4, 0.5) is 13.2 Å². The Hall–Kier alpha value is -3.69. The SMILES string of the molecule is CCCc1cc2c(=O)c(-c3ccc4c(c3)OCCO4)c(C(F)(F)F)oc2cc1OC(C)C(=O)OC. The molecule has 2 aromatic carbocycles. The number of hydrogen-bond acceptors (Lipinski definition) is 7. The molecular formula is C25H23F3O7. The summed E-state index contributed by atoms with van der Waals surface area (Å²) < 4.78 is 68.7. The number of halogens is 3. The smallest absolute Gasteiger partial charge is 0.450 e. The molecule has 1 unspecified atom stereocenters. The summed E-state index contributed by atoms with van der Waals surface area (Å²) in [6.45, 7) is 3.90. The van der Waals surface area contributed by atoms with Crippen LogP contribution in [0, 0.1) is 0 Å². The highest BCUT2D eigenvalue weighted by molar-refractivity contribution is 5.86. The van der Waals surface area contributed by atoms with Crippen molar-refractivity contribution < 1.29 is 41.3 Å². The van der Waals surface area contributed by atoms with Crippen molar-refractivity contribution in [2.75, 3.05) is 20.3 Å². The third kappa shape index (κ3) is 4.78. The number of ether oxygens (including phenoxy) is 4. The van der Waals surface area contributed by atoms with Gasteiger partial charge in [0.25, 0.3) is 0 Å². The number of carbonyl (C=O) groups excluding carboxylic acids is 1. The number of aryl methyl sites for hydroxylation is 1. The van der Waals surface area contributed by atoms with Crippen LogP contribution in [0.15, 0.2) is 39.5 Å². The second-order valence-corrected chi connectivity index (χ2v) is 7.98. The molecule has 2 heterocycles. The zero-order valence-corrected chi connectivity index (χ0v) is 19.3. The van der Waals surface area contributed by atoms with Gasteiger partial charge in [0, 0.05) is 6.07 Å². The van der Waals surface area contributed by atoms with E-state index in [9.17, 15) is 22.8 Å². The molecular weight excluding hydrogens is 469 g/mol. The van der Waals surface area contributed by atoms with Gasteiger partial charge in [-0.1, -0.05) is 19.4 Å². The zero-order chi connectivity index (χ0) is 25.3. The highest BCUT2D eigenvalue weighted by Crippen LogP contribution is 2.41. The molecule has 1 atom stereocenters. The Balaban J connectivity index is 1.94. The molecule has 1 aromatic heterocycles. The van der Waals surface area contributed by atoms with Crippen molar-refractivity contribution in [3.63, 3.8) is 0 Å². The Morgan fingerprint density at radius 1 is 1.11 bits per heavy atom. The minimum Gasteiger partial charge on any atom is -0.486 e. The van der Waals surface area contributed by atoms with Gasteiger partial charge in [-0.15, -0.1) is 0 Å². The normalized spacial score (nSPS) is 14.0. The Kier molecular flexibility index (Phi) is 6.64. The lowest BCUT2D eigenvalue weighted by atomic mass is 9.99. The zero-order valence-electron chi connectivity index (χ0n) is 19.3. The van der Waals surface area contributed by atoms with E-state index in [0.29, 0.717) is 30.8 Å². The second-order valence-electron chi connectivity index (χ2n) is 7.98. The Morgan fingerprint density at radius 3 is 2.49 bits per heavy atom. The first-order chi connectivity index (χ1) is 16.6. The second kappa shape index (κ2) is 9.52. The van der Waals surface area contributed by atoms with Crippen molar-refractivity contribution in [2.24, 2.45) is 0 Å². The predicted molar refractivity (Wildman–Crippen MR) is 120 cm³/mol. The summed E-state index contributed by atoms with van der Waals surface area (Å²) in [4.78, 5) is 25.3. The molecule has 0 bridgehead atoms. The van der Waals surface area contributed by atoms with Gasteiger partial charge in [0.1, 0.15) is 24.5 Å². The van der Waals surface area contributed by atoms with Gasteiger partial charge in [-0.2, -0.15) is 13.2 Å². The van der Waals surface area contributed by atoms with Crippen LogP contribution in [-0.2, 0) is 22.1 Å². The van der Waals surface area contributed by atoms with E-state index in [1.54, 1.807) is 0 Å². The van der Waals surface area contributed by atoms with E-state index in [2.05, 4.69) is 4.74 Å². The number of rotatable bonds is 6. The Labute approximate surface area is 198 Å². The monoisotopic (exact) mass is 492 g/mol. The lowest BCUT2D eigenvalue weighted by Crippen LogP contribution is -2.25. The molecule has 0 amide bonds. The molecule has 4 rings (SSSR count). The van der Waals surface area contributed by atoms with Crippen molar-refractivity contribution in [3.8, 4) is 28.4 Å². The van der Waals surface area contributed by atoms with Gasteiger partial charge >= 0.3 is 12.1 Å². The van der Waals surface area contributed by atoms with Gasteiger partial charge in [-0.05, 0) is 42.7 Å². The van der Waals surface area contributed by atoms with Crippen molar-refractivity contribution in [1.82, 2.24) is 0 Å². The van der Waals surface area contributed by atoms with Gasteiger partial charge in [-0.3, -0.25) is 4.79 Å². The maximum atomic E-state index is 14.1. The molecule has 0 fully saturated rings. The van der Waals surface area contributed by atoms with E-state index < -0.39 is 35.0 Å². The van der Waals surface area contributed by atoms with Crippen LogP contribution in [0.1, 0.15) is 31.6 Å². The van der Waals surface area contributed by atoms with Crippen LogP contribution in [0.25, 0.3) is 22.1 Å². The van der Waals surface area contributed by atoms with E-state index in [1.807, 2.05) is 6.92 Å². The Bertz CT molecular complexity index is 1330. The molecule has 35 heavy (non-hydrogen) atoms. The van der Waals surface area contributed by atoms with Crippen molar-refractivity contribution in [2.45, 2.75) is 39.0 Å². The summed E-state index contributed by atoms with van der Waals surface area (Å²) in [6, 6.07) is 6.82. The fourth-order valence-electron chi connectivity index (χ4n) is 3.91. The molecule has 0 saturated heterocycles. The third-order valence-corrected chi connectivity index (χ3v) is 5.52. The van der Waals surface area contributed by atoms with Crippen LogP contribution in [0.3, 0.4) is 0 Å². The molecule has 3 aromatic rings. The number of methoxy groups -OCH3 is 1. The molecule has 186 valence electrons. The summed E-state index contributed by atoms with van der Waals surface area (Å²) in [6.07, 6.45) is -4.86. The first kappa shape index (κ1) is 24.4. The van der Waals surface area contributed by atoms with E-state index >= 15 is 0 Å². The number of carbonyl (C=O) groups is 1. The summed E-state index contributed by atoms with van der Waals surface area (Å²) in [5.74, 6) is -1.33. The molecule has 0 saturated carbocycles. The minimum absolute atomic E-state index is 0.00564. The summed E-state index contributed by atoms with van der Waals surface area (Å²) in [7, 11) is 1.20. The maximum absolute atomic E-state index is 14.1. The van der Waals surface area contributed by atoms with Gasteiger partial charge in [0.15, 0.2) is 17.6 Å².